The molecule has 1 saturated heterocycles. The van der Waals surface area contributed by atoms with Crippen LogP contribution in [-0.2, 0) is 16.1 Å². The molecule has 124 valence electrons. The van der Waals surface area contributed by atoms with Crippen molar-refractivity contribution in [3.8, 4) is 0 Å². The molecule has 3 aromatic rings. The van der Waals surface area contributed by atoms with Crippen LogP contribution in [0.3, 0.4) is 0 Å². The SMILES string of the molecule is COC(=O)Cn1ncc2c(N3CCCC3c3ccco3)ncnc21. The molecule has 0 radical (unpaired) electrons. The highest BCUT2D eigenvalue weighted by atomic mass is 16.5. The summed E-state index contributed by atoms with van der Waals surface area (Å²) in [6.45, 7) is 0.914. The third-order valence-corrected chi connectivity index (χ3v) is 4.32. The maximum atomic E-state index is 11.5. The first-order valence-electron chi connectivity index (χ1n) is 7.81. The molecule has 0 N–H and O–H groups in total. The van der Waals surface area contributed by atoms with Crippen LogP contribution >= 0.6 is 0 Å². The average Bonchev–Trinajstić information content (AvgIpc) is 3.34. The van der Waals surface area contributed by atoms with Crippen LogP contribution in [0.1, 0.15) is 24.6 Å². The quantitative estimate of drug-likeness (QED) is 0.677. The van der Waals surface area contributed by atoms with Gasteiger partial charge < -0.3 is 14.1 Å². The molecule has 0 aromatic carbocycles. The minimum Gasteiger partial charge on any atom is -0.468 e. The Bertz CT molecular complexity index is 858. The van der Waals surface area contributed by atoms with Crippen LogP contribution in [-0.4, -0.2) is 39.4 Å². The molecule has 0 saturated carbocycles. The van der Waals surface area contributed by atoms with Crippen LogP contribution < -0.4 is 4.90 Å². The molecular weight excluding hydrogens is 310 g/mol. The van der Waals surface area contributed by atoms with Gasteiger partial charge in [0.25, 0.3) is 0 Å². The molecule has 1 fully saturated rings. The smallest absolute Gasteiger partial charge is 0.327 e. The Morgan fingerprint density at radius 1 is 1.46 bits per heavy atom. The second-order valence-corrected chi connectivity index (χ2v) is 5.68. The number of methoxy groups -OCH3 is 1. The molecule has 24 heavy (non-hydrogen) atoms. The van der Waals surface area contributed by atoms with Gasteiger partial charge >= 0.3 is 5.97 Å². The zero-order chi connectivity index (χ0) is 16.5. The number of carbonyl (C=O) groups excluding carboxylic acids is 1. The van der Waals surface area contributed by atoms with E-state index in [1.807, 2.05) is 12.1 Å². The van der Waals surface area contributed by atoms with Crippen LogP contribution in [0.5, 0.6) is 0 Å². The van der Waals surface area contributed by atoms with E-state index in [1.165, 1.54) is 18.1 Å². The molecule has 4 heterocycles. The number of nitrogens with zero attached hydrogens (tertiary/aromatic N) is 5. The molecule has 0 amide bonds. The van der Waals surface area contributed by atoms with Crippen molar-refractivity contribution in [2.75, 3.05) is 18.6 Å². The van der Waals surface area contributed by atoms with Crippen molar-refractivity contribution in [2.24, 2.45) is 0 Å². The highest BCUT2D eigenvalue weighted by Gasteiger charge is 2.30. The number of fused-ring (bicyclic) bond motifs is 1. The van der Waals surface area contributed by atoms with Crippen LogP contribution in [0.2, 0.25) is 0 Å². The Kier molecular flexibility index (Phi) is 3.64. The summed E-state index contributed by atoms with van der Waals surface area (Å²) < 4.78 is 11.8. The van der Waals surface area contributed by atoms with E-state index < -0.39 is 0 Å². The van der Waals surface area contributed by atoms with Gasteiger partial charge in [-0.25, -0.2) is 14.6 Å². The van der Waals surface area contributed by atoms with Crippen LogP contribution in [0.15, 0.2) is 35.3 Å². The van der Waals surface area contributed by atoms with E-state index >= 15 is 0 Å². The first-order valence-corrected chi connectivity index (χ1v) is 7.81. The van der Waals surface area contributed by atoms with Gasteiger partial charge in [-0.3, -0.25) is 4.79 Å². The second-order valence-electron chi connectivity index (χ2n) is 5.68. The van der Waals surface area contributed by atoms with Gasteiger partial charge in [-0.1, -0.05) is 0 Å². The predicted molar refractivity (Wildman–Crippen MR) is 85.4 cm³/mol. The number of ether oxygens (including phenoxy) is 1. The Hall–Kier alpha value is -2.90. The largest absolute Gasteiger partial charge is 0.468 e. The predicted octanol–water partition coefficient (Wildman–Crippen LogP) is 1.93. The molecule has 1 aliphatic rings. The van der Waals surface area contributed by atoms with Gasteiger partial charge in [0.2, 0.25) is 0 Å². The molecule has 1 atom stereocenters. The fraction of sp³-hybridized carbons (Fsp3) is 0.375. The number of rotatable bonds is 4. The van der Waals surface area contributed by atoms with Crippen molar-refractivity contribution in [1.82, 2.24) is 19.7 Å². The Labute approximate surface area is 138 Å². The molecule has 8 heteroatoms. The van der Waals surface area contributed by atoms with Crippen LogP contribution in [0.25, 0.3) is 11.0 Å². The maximum absolute atomic E-state index is 11.5. The van der Waals surface area contributed by atoms with Crippen LogP contribution in [0, 0.1) is 0 Å². The van der Waals surface area contributed by atoms with E-state index in [-0.39, 0.29) is 18.6 Å². The van der Waals surface area contributed by atoms with Crippen molar-refractivity contribution in [1.29, 1.82) is 0 Å². The molecule has 4 rings (SSSR count). The zero-order valence-electron chi connectivity index (χ0n) is 13.3. The zero-order valence-corrected chi connectivity index (χ0v) is 13.3. The van der Waals surface area contributed by atoms with Gasteiger partial charge in [-0.15, -0.1) is 0 Å². The molecule has 1 unspecified atom stereocenters. The topological polar surface area (TPSA) is 86.3 Å². The highest BCUT2D eigenvalue weighted by molar-refractivity contribution is 5.87. The summed E-state index contributed by atoms with van der Waals surface area (Å²) in [4.78, 5) is 22.5. The van der Waals surface area contributed by atoms with E-state index in [2.05, 4.69) is 20.0 Å². The Morgan fingerprint density at radius 2 is 2.38 bits per heavy atom. The van der Waals surface area contributed by atoms with Crippen LogP contribution in [0.4, 0.5) is 5.82 Å². The van der Waals surface area contributed by atoms with Crippen molar-refractivity contribution in [2.45, 2.75) is 25.4 Å². The summed E-state index contributed by atoms with van der Waals surface area (Å²) >= 11 is 0. The number of anilines is 1. The van der Waals surface area contributed by atoms with Crippen molar-refractivity contribution in [3.05, 3.63) is 36.7 Å². The standard InChI is InChI=1S/C16H17N5O3/c1-23-14(22)9-21-16-11(8-19-21)15(17-10-18-16)20-6-2-4-12(20)13-5-3-7-24-13/h3,5,7-8,10,12H,2,4,6,9H2,1H3. The molecular formula is C16H17N5O3. The number of hydrogen-bond acceptors (Lipinski definition) is 7. The van der Waals surface area contributed by atoms with Crippen molar-refractivity contribution < 1.29 is 13.9 Å². The van der Waals surface area contributed by atoms with Gasteiger partial charge in [0.15, 0.2) is 5.65 Å². The summed E-state index contributed by atoms with van der Waals surface area (Å²) in [7, 11) is 1.35. The number of esters is 1. The van der Waals surface area contributed by atoms with E-state index in [0.717, 1.165) is 36.4 Å². The summed E-state index contributed by atoms with van der Waals surface area (Å²) in [6.07, 6.45) is 6.97. The number of aromatic nitrogens is 4. The van der Waals surface area contributed by atoms with Gasteiger partial charge in [0.05, 0.1) is 31.0 Å². The summed E-state index contributed by atoms with van der Waals surface area (Å²) in [5.41, 5.74) is 0.621. The molecule has 3 aromatic heterocycles. The van der Waals surface area contributed by atoms with E-state index in [4.69, 9.17) is 9.15 Å². The number of furan rings is 1. The fourth-order valence-electron chi connectivity index (χ4n) is 3.21. The lowest BCUT2D eigenvalue weighted by Gasteiger charge is -2.24. The molecule has 1 aliphatic heterocycles. The maximum Gasteiger partial charge on any atom is 0.327 e. The third kappa shape index (κ3) is 2.40. The molecule has 8 nitrogen and oxygen atoms in total. The normalized spacial score (nSPS) is 17.5. The molecule has 0 bridgehead atoms. The first-order chi connectivity index (χ1) is 11.8. The summed E-state index contributed by atoms with van der Waals surface area (Å²) in [5, 5.41) is 5.09. The van der Waals surface area contributed by atoms with Gasteiger partial charge in [-0.2, -0.15) is 5.10 Å². The minimum atomic E-state index is -0.366. The lowest BCUT2D eigenvalue weighted by Crippen LogP contribution is -2.23. The number of carbonyl (C=O) groups is 1. The average molecular weight is 327 g/mol. The highest BCUT2D eigenvalue weighted by Crippen LogP contribution is 2.37. The summed E-state index contributed by atoms with van der Waals surface area (Å²) in [5.74, 6) is 1.38. The third-order valence-electron chi connectivity index (χ3n) is 4.32. The van der Waals surface area contributed by atoms with Gasteiger partial charge in [-0.05, 0) is 25.0 Å². The summed E-state index contributed by atoms with van der Waals surface area (Å²) in [6, 6.07) is 4.04. The van der Waals surface area contributed by atoms with Crippen molar-refractivity contribution >= 4 is 22.8 Å². The molecule has 0 aliphatic carbocycles. The van der Waals surface area contributed by atoms with E-state index in [0.29, 0.717) is 5.65 Å². The van der Waals surface area contributed by atoms with Gasteiger partial charge in [0, 0.05) is 6.54 Å². The van der Waals surface area contributed by atoms with E-state index in [1.54, 1.807) is 12.5 Å². The Morgan fingerprint density at radius 3 is 3.17 bits per heavy atom. The lowest BCUT2D eigenvalue weighted by molar-refractivity contribution is -0.141. The lowest BCUT2D eigenvalue weighted by atomic mass is 10.1. The molecule has 0 spiro atoms. The van der Waals surface area contributed by atoms with Gasteiger partial charge in [0.1, 0.15) is 24.5 Å². The fourth-order valence-corrected chi connectivity index (χ4v) is 3.21. The second kappa shape index (κ2) is 5.95. The monoisotopic (exact) mass is 327 g/mol. The van der Waals surface area contributed by atoms with E-state index in [9.17, 15) is 4.79 Å². The first kappa shape index (κ1) is 14.7. The van der Waals surface area contributed by atoms with Crippen molar-refractivity contribution in [3.63, 3.8) is 0 Å². The minimum absolute atomic E-state index is 0.0259. The number of hydrogen-bond donors (Lipinski definition) is 0. The Balaban J connectivity index is 1.73.